The van der Waals surface area contributed by atoms with E-state index in [1.165, 1.54) is 51.1 Å². The molecule has 0 spiro atoms. The van der Waals surface area contributed by atoms with Gasteiger partial charge in [-0.3, -0.25) is 0 Å². The molecule has 1 aliphatic heterocycles. The van der Waals surface area contributed by atoms with Gasteiger partial charge in [-0.25, -0.2) is 0 Å². The van der Waals surface area contributed by atoms with E-state index >= 15 is 0 Å². The fourth-order valence-electron chi connectivity index (χ4n) is 5.42. The van der Waals surface area contributed by atoms with E-state index in [0.717, 1.165) is 16.6 Å². The summed E-state index contributed by atoms with van der Waals surface area (Å²) in [5.74, 6) is 0. The Morgan fingerprint density at radius 3 is 2.26 bits per heavy atom. The first-order chi connectivity index (χ1) is 16.3. The first-order valence-corrected chi connectivity index (χ1v) is 13.2. The van der Waals surface area contributed by atoms with Gasteiger partial charge in [0.25, 0.3) is 0 Å². The lowest BCUT2D eigenvalue weighted by atomic mass is 9.79. The number of furan rings is 1. The Hall–Kier alpha value is -2.64. The SMILES string of the molecule is CC1(C)OB(c2cc3oc4ccc5sc6cc7ccccc7c7sc(c2)c3c4c5c67)OC1(C)C. The Kier molecular flexibility index (Phi) is 3.54. The van der Waals surface area contributed by atoms with E-state index < -0.39 is 7.12 Å². The maximum atomic E-state index is 6.46. The summed E-state index contributed by atoms with van der Waals surface area (Å²) in [4.78, 5) is 0. The van der Waals surface area contributed by atoms with Gasteiger partial charge >= 0.3 is 7.12 Å². The summed E-state index contributed by atoms with van der Waals surface area (Å²) in [6, 6.07) is 19.8. The first kappa shape index (κ1) is 19.6. The van der Waals surface area contributed by atoms with Crippen molar-refractivity contribution >= 4 is 97.5 Å². The van der Waals surface area contributed by atoms with Crippen molar-refractivity contribution in [1.29, 1.82) is 0 Å². The molecule has 1 saturated heterocycles. The van der Waals surface area contributed by atoms with Crippen LogP contribution in [-0.2, 0) is 9.31 Å². The molecule has 3 nitrogen and oxygen atoms in total. The molecule has 8 rings (SSSR count). The molecule has 1 fully saturated rings. The minimum absolute atomic E-state index is 0.389. The Bertz CT molecular complexity index is 1920. The van der Waals surface area contributed by atoms with E-state index in [1.807, 2.05) is 22.7 Å². The van der Waals surface area contributed by atoms with Crippen LogP contribution in [0.4, 0.5) is 0 Å². The lowest BCUT2D eigenvalue weighted by molar-refractivity contribution is 0.00578. The number of hydrogen-bond donors (Lipinski definition) is 0. The molecule has 3 aromatic heterocycles. The molecule has 0 radical (unpaired) electrons. The van der Waals surface area contributed by atoms with Crippen LogP contribution < -0.4 is 5.46 Å². The number of thiophene rings is 1. The van der Waals surface area contributed by atoms with E-state index in [-0.39, 0.29) is 11.2 Å². The zero-order chi connectivity index (χ0) is 23.0. The zero-order valence-electron chi connectivity index (χ0n) is 19.3. The third-order valence-corrected chi connectivity index (χ3v) is 10.1. The summed E-state index contributed by atoms with van der Waals surface area (Å²) in [5, 5.41) is 7.69. The van der Waals surface area contributed by atoms with Crippen molar-refractivity contribution in [3.8, 4) is 0 Å². The Morgan fingerprint density at radius 2 is 1.44 bits per heavy atom. The molecule has 0 aliphatic carbocycles. The predicted molar refractivity (Wildman–Crippen MR) is 146 cm³/mol. The summed E-state index contributed by atoms with van der Waals surface area (Å²) in [7, 11) is -0.427. The standard InChI is InChI=1S/C28H21BO3S2/c1-27(2)28(3,4)32-29(31-27)15-12-18-22-21(13-15)34-26-16-8-6-5-7-14(16)11-20-25(26)24-19(33-20)10-9-17(30-18)23(22)24/h5-13H,1-4H3. The van der Waals surface area contributed by atoms with Gasteiger partial charge in [-0.1, -0.05) is 24.3 Å². The molecule has 0 amide bonds. The van der Waals surface area contributed by atoms with Gasteiger partial charge in [-0.15, -0.1) is 22.7 Å². The van der Waals surface area contributed by atoms with Gasteiger partial charge < -0.3 is 13.7 Å². The highest BCUT2D eigenvalue weighted by atomic mass is 32.1. The fourth-order valence-corrected chi connectivity index (χ4v) is 7.99. The predicted octanol–water partition coefficient (Wildman–Crippen LogP) is 8.06. The molecule has 166 valence electrons. The van der Waals surface area contributed by atoms with E-state index in [4.69, 9.17) is 13.7 Å². The molecular formula is C28H21BO3S2. The lowest BCUT2D eigenvalue weighted by Gasteiger charge is -2.32. The van der Waals surface area contributed by atoms with Gasteiger partial charge in [0.15, 0.2) is 0 Å². The fraction of sp³-hybridized carbons (Fsp3) is 0.214. The maximum Gasteiger partial charge on any atom is 0.495 e. The van der Waals surface area contributed by atoms with E-state index in [2.05, 4.69) is 82.3 Å². The van der Waals surface area contributed by atoms with E-state index in [1.54, 1.807) is 0 Å². The van der Waals surface area contributed by atoms with Gasteiger partial charge in [0.1, 0.15) is 11.2 Å². The molecule has 1 aliphatic rings. The van der Waals surface area contributed by atoms with Crippen molar-refractivity contribution in [2.45, 2.75) is 38.9 Å². The molecule has 0 atom stereocenters. The minimum atomic E-state index is -0.427. The maximum absolute atomic E-state index is 6.46. The first-order valence-electron chi connectivity index (χ1n) is 11.6. The molecule has 4 heterocycles. The van der Waals surface area contributed by atoms with Gasteiger partial charge in [-0.2, -0.15) is 0 Å². The third-order valence-electron chi connectivity index (χ3n) is 7.86. The van der Waals surface area contributed by atoms with Crippen LogP contribution in [0.5, 0.6) is 0 Å². The molecule has 0 bridgehead atoms. The van der Waals surface area contributed by atoms with Crippen LogP contribution in [0.2, 0.25) is 0 Å². The largest absolute Gasteiger partial charge is 0.495 e. The van der Waals surface area contributed by atoms with E-state index in [9.17, 15) is 0 Å². The van der Waals surface area contributed by atoms with Crippen LogP contribution in [0, 0.1) is 0 Å². The second-order valence-electron chi connectivity index (χ2n) is 10.4. The van der Waals surface area contributed by atoms with Crippen molar-refractivity contribution in [1.82, 2.24) is 0 Å². The second-order valence-corrected chi connectivity index (χ2v) is 12.5. The monoisotopic (exact) mass is 480 g/mol. The van der Waals surface area contributed by atoms with Gasteiger partial charge in [0, 0.05) is 40.3 Å². The summed E-state index contributed by atoms with van der Waals surface area (Å²) in [6.45, 7) is 8.38. The number of fused-ring (bicyclic) bond motifs is 2. The molecule has 0 unspecified atom stereocenters. The van der Waals surface area contributed by atoms with Gasteiger partial charge in [-0.05, 0) is 74.3 Å². The summed E-state index contributed by atoms with van der Waals surface area (Å²) in [6.07, 6.45) is 0. The molecule has 34 heavy (non-hydrogen) atoms. The van der Waals surface area contributed by atoms with Crippen molar-refractivity contribution in [3.05, 3.63) is 54.6 Å². The number of hydrogen-bond acceptors (Lipinski definition) is 5. The van der Waals surface area contributed by atoms with Crippen LogP contribution in [0.25, 0.3) is 62.3 Å². The molecule has 0 saturated carbocycles. The Labute approximate surface area is 204 Å². The highest BCUT2D eigenvalue weighted by Gasteiger charge is 2.51. The van der Waals surface area contributed by atoms with Crippen LogP contribution in [0.15, 0.2) is 59.0 Å². The number of benzene rings is 4. The second kappa shape index (κ2) is 6.13. The molecular weight excluding hydrogens is 459 g/mol. The van der Waals surface area contributed by atoms with Crippen LogP contribution >= 0.6 is 22.7 Å². The highest BCUT2D eigenvalue weighted by Crippen LogP contribution is 2.50. The smallest absolute Gasteiger partial charge is 0.456 e. The summed E-state index contributed by atoms with van der Waals surface area (Å²) < 4.78 is 24.5. The summed E-state index contributed by atoms with van der Waals surface area (Å²) >= 11 is 3.73. The van der Waals surface area contributed by atoms with Gasteiger partial charge in [0.2, 0.25) is 0 Å². The molecule has 0 N–H and O–H groups in total. The molecule has 7 aromatic rings. The summed E-state index contributed by atoms with van der Waals surface area (Å²) in [5.41, 5.74) is 2.06. The third kappa shape index (κ3) is 2.35. The van der Waals surface area contributed by atoms with Crippen molar-refractivity contribution < 1.29 is 13.7 Å². The molecule has 4 aromatic carbocycles. The van der Waals surface area contributed by atoms with Crippen LogP contribution in [0.1, 0.15) is 27.7 Å². The number of rotatable bonds is 1. The van der Waals surface area contributed by atoms with Crippen LogP contribution in [-0.4, -0.2) is 18.3 Å². The van der Waals surface area contributed by atoms with Crippen LogP contribution in [0.3, 0.4) is 0 Å². The minimum Gasteiger partial charge on any atom is -0.456 e. The quantitative estimate of drug-likeness (QED) is 0.223. The van der Waals surface area contributed by atoms with Crippen molar-refractivity contribution in [2.24, 2.45) is 0 Å². The van der Waals surface area contributed by atoms with Crippen molar-refractivity contribution in [3.63, 3.8) is 0 Å². The average molecular weight is 480 g/mol. The Morgan fingerprint density at radius 1 is 0.676 bits per heavy atom. The van der Waals surface area contributed by atoms with E-state index in [0.29, 0.717) is 0 Å². The lowest BCUT2D eigenvalue weighted by Crippen LogP contribution is -2.41. The zero-order valence-corrected chi connectivity index (χ0v) is 20.9. The van der Waals surface area contributed by atoms with Crippen molar-refractivity contribution in [2.75, 3.05) is 0 Å². The topological polar surface area (TPSA) is 31.6 Å². The average Bonchev–Trinajstić information content (AvgIpc) is 3.37. The molecule has 6 heteroatoms. The Balaban J connectivity index is 1.56. The normalized spacial score (nSPS) is 18.2. The highest BCUT2D eigenvalue weighted by molar-refractivity contribution is 7.29. The van der Waals surface area contributed by atoms with Gasteiger partial charge in [0.05, 0.1) is 11.2 Å².